The second kappa shape index (κ2) is 6.80. The average molecular weight is 253 g/mol. The van der Waals surface area contributed by atoms with Gasteiger partial charge < -0.3 is 20.1 Å². The summed E-state index contributed by atoms with van der Waals surface area (Å²) < 4.78 is 10.3. The lowest BCUT2D eigenvalue weighted by Gasteiger charge is -2.11. The summed E-state index contributed by atoms with van der Waals surface area (Å²) in [7, 11) is 3.90. The normalized spacial score (nSPS) is 10.4. The summed E-state index contributed by atoms with van der Waals surface area (Å²) in [6.45, 7) is 3.30. The fourth-order valence-electron chi connectivity index (χ4n) is 1.24. The van der Waals surface area contributed by atoms with Crippen LogP contribution in [0.2, 0.25) is 0 Å². The van der Waals surface area contributed by atoms with E-state index in [0.29, 0.717) is 19.1 Å². The lowest BCUT2D eigenvalue weighted by molar-refractivity contribution is 0.0527. The summed E-state index contributed by atoms with van der Waals surface area (Å²) in [5.74, 6) is -0.0936. The van der Waals surface area contributed by atoms with E-state index in [1.165, 1.54) is 12.3 Å². The number of anilines is 1. The van der Waals surface area contributed by atoms with Crippen LogP contribution in [0, 0.1) is 0 Å². The van der Waals surface area contributed by atoms with Crippen molar-refractivity contribution in [3.8, 4) is 5.88 Å². The highest BCUT2D eigenvalue weighted by atomic mass is 16.5. The van der Waals surface area contributed by atoms with Gasteiger partial charge in [-0.05, 0) is 21.0 Å². The second-order valence-electron chi connectivity index (χ2n) is 3.98. The molecule has 0 atom stereocenters. The number of esters is 1. The zero-order valence-corrected chi connectivity index (χ0v) is 11.0. The lowest BCUT2D eigenvalue weighted by atomic mass is 10.2. The quantitative estimate of drug-likeness (QED) is 0.755. The first-order chi connectivity index (χ1) is 8.54. The van der Waals surface area contributed by atoms with Crippen LogP contribution in [0.5, 0.6) is 5.88 Å². The summed E-state index contributed by atoms with van der Waals surface area (Å²) in [6, 6.07) is 1.50. The number of pyridine rings is 1. The Morgan fingerprint density at radius 3 is 2.83 bits per heavy atom. The van der Waals surface area contributed by atoms with Gasteiger partial charge in [0.05, 0.1) is 24.1 Å². The molecule has 1 heterocycles. The van der Waals surface area contributed by atoms with Crippen molar-refractivity contribution in [2.45, 2.75) is 6.92 Å². The van der Waals surface area contributed by atoms with Gasteiger partial charge in [-0.15, -0.1) is 0 Å². The SMILES string of the molecule is CCOC(=O)c1cc(OCCN(C)C)ncc1N. The van der Waals surface area contributed by atoms with E-state index >= 15 is 0 Å². The summed E-state index contributed by atoms with van der Waals surface area (Å²) in [5, 5.41) is 0. The van der Waals surface area contributed by atoms with Crippen molar-refractivity contribution in [1.29, 1.82) is 0 Å². The van der Waals surface area contributed by atoms with Crippen molar-refractivity contribution in [3.63, 3.8) is 0 Å². The molecule has 0 amide bonds. The monoisotopic (exact) mass is 253 g/mol. The van der Waals surface area contributed by atoms with E-state index in [0.717, 1.165) is 6.54 Å². The zero-order chi connectivity index (χ0) is 13.5. The molecule has 0 fully saturated rings. The molecule has 0 aliphatic heterocycles. The number of carbonyl (C=O) groups is 1. The standard InChI is InChI=1S/C12H19N3O3/c1-4-17-12(16)9-7-11(14-8-10(9)13)18-6-5-15(2)3/h7-8H,4-6,13H2,1-3H3. The molecular formula is C12H19N3O3. The molecule has 0 aliphatic rings. The largest absolute Gasteiger partial charge is 0.476 e. The van der Waals surface area contributed by atoms with Gasteiger partial charge in [-0.3, -0.25) is 0 Å². The predicted molar refractivity (Wildman–Crippen MR) is 68.7 cm³/mol. The smallest absolute Gasteiger partial charge is 0.340 e. The van der Waals surface area contributed by atoms with Gasteiger partial charge in [0.15, 0.2) is 0 Å². The van der Waals surface area contributed by atoms with E-state index in [1.54, 1.807) is 6.92 Å². The maximum Gasteiger partial charge on any atom is 0.340 e. The number of hydrogen-bond acceptors (Lipinski definition) is 6. The van der Waals surface area contributed by atoms with Gasteiger partial charge in [-0.2, -0.15) is 0 Å². The van der Waals surface area contributed by atoms with Crippen LogP contribution in [-0.2, 0) is 4.74 Å². The second-order valence-corrected chi connectivity index (χ2v) is 3.98. The van der Waals surface area contributed by atoms with E-state index in [4.69, 9.17) is 15.2 Å². The number of nitrogen functional groups attached to an aromatic ring is 1. The third kappa shape index (κ3) is 4.21. The van der Waals surface area contributed by atoms with Crippen LogP contribution in [0.3, 0.4) is 0 Å². The third-order valence-electron chi connectivity index (χ3n) is 2.19. The number of nitrogens with two attached hydrogens (primary N) is 1. The molecule has 2 N–H and O–H groups in total. The predicted octanol–water partition coefficient (Wildman–Crippen LogP) is 0.781. The van der Waals surface area contributed by atoms with Gasteiger partial charge in [0.25, 0.3) is 0 Å². The van der Waals surface area contributed by atoms with E-state index in [9.17, 15) is 4.79 Å². The Morgan fingerprint density at radius 2 is 2.22 bits per heavy atom. The van der Waals surface area contributed by atoms with Crippen molar-refractivity contribution >= 4 is 11.7 Å². The number of aromatic nitrogens is 1. The molecule has 1 aromatic heterocycles. The van der Waals surface area contributed by atoms with Crippen molar-refractivity contribution in [2.24, 2.45) is 0 Å². The Labute approximate surface area is 107 Å². The molecule has 100 valence electrons. The molecule has 0 bridgehead atoms. The molecule has 0 aliphatic carbocycles. The summed E-state index contributed by atoms with van der Waals surface area (Å²) in [6.07, 6.45) is 1.40. The van der Waals surface area contributed by atoms with Crippen LogP contribution in [0.4, 0.5) is 5.69 Å². The fraction of sp³-hybridized carbons (Fsp3) is 0.500. The first-order valence-electron chi connectivity index (χ1n) is 5.74. The van der Waals surface area contributed by atoms with Gasteiger partial charge in [-0.1, -0.05) is 0 Å². The van der Waals surface area contributed by atoms with Crippen LogP contribution in [0.25, 0.3) is 0 Å². The summed E-state index contributed by atoms with van der Waals surface area (Å²) in [5.41, 5.74) is 6.24. The highest BCUT2D eigenvalue weighted by Gasteiger charge is 2.12. The van der Waals surface area contributed by atoms with E-state index in [1.807, 2.05) is 19.0 Å². The van der Waals surface area contributed by atoms with E-state index in [2.05, 4.69) is 4.98 Å². The highest BCUT2D eigenvalue weighted by Crippen LogP contribution is 2.17. The van der Waals surface area contributed by atoms with Crippen molar-refractivity contribution in [2.75, 3.05) is 39.6 Å². The first-order valence-corrected chi connectivity index (χ1v) is 5.74. The van der Waals surface area contributed by atoms with Crippen molar-refractivity contribution in [1.82, 2.24) is 9.88 Å². The Balaban J connectivity index is 2.71. The maximum absolute atomic E-state index is 11.6. The van der Waals surface area contributed by atoms with Gasteiger partial charge in [-0.25, -0.2) is 9.78 Å². The lowest BCUT2D eigenvalue weighted by Crippen LogP contribution is -2.20. The average Bonchev–Trinajstić information content (AvgIpc) is 2.31. The molecule has 1 aromatic rings. The molecule has 0 spiro atoms. The fourth-order valence-corrected chi connectivity index (χ4v) is 1.24. The van der Waals surface area contributed by atoms with Gasteiger partial charge >= 0.3 is 5.97 Å². The van der Waals surface area contributed by atoms with Crippen LogP contribution < -0.4 is 10.5 Å². The van der Waals surface area contributed by atoms with Crippen LogP contribution in [0.1, 0.15) is 17.3 Å². The number of rotatable bonds is 6. The van der Waals surface area contributed by atoms with Gasteiger partial charge in [0.2, 0.25) is 5.88 Å². The minimum Gasteiger partial charge on any atom is -0.476 e. The molecule has 0 radical (unpaired) electrons. The molecule has 0 saturated carbocycles. The van der Waals surface area contributed by atoms with Crippen LogP contribution in [-0.4, -0.2) is 49.7 Å². The maximum atomic E-state index is 11.6. The van der Waals surface area contributed by atoms with Crippen LogP contribution in [0.15, 0.2) is 12.3 Å². The first kappa shape index (κ1) is 14.2. The molecule has 18 heavy (non-hydrogen) atoms. The molecule has 6 heteroatoms. The van der Waals surface area contributed by atoms with Crippen molar-refractivity contribution < 1.29 is 14.3 Å². The number of hydrogen-bond donors (Lipinski definition) is 1. The minimum absolute atomic E-state index is 0.284. The minimum atomic E-state index is -0.463. The summed E-state index contributed by atoms with van der Waals surface area (Å²) >= 11 is 0. The molecule has 0 saturated heterocycles. The topological polar surface area (TPSA) is 77.7 Å². The molecule has 1 rings (SSSR count). The molecule has 0 aromatic carbocycles. The number of carbonyl (C=O) groups excluding carboxylic acids is 1. The molecular weight excluding hydrogens is 234 g/mol. The number of likely N-dealkylation sites (N-methyl/N-ethyl adjacent to an activating group) is 1. The van der Waals surface area contributed by atoms with Gasteiger partial charge in [0, 0.05) is 12.6 Å². The Bertz CT molecular complexity index is 408. The molecule has 6 nitrogen and oxygen atoms in total. The number of nitrogens with zero attached hydrogens (tertiary/aromatic N) is 2. The Morgan fingerprint density at radius 1 is 1.50 bits per heavy atom. The highest BCUT2D eigenvalue weighted by molar-refractivity contribution is 5.95. The van der Waals surface area contributed by atoms with Crippen LogP contribution >= 0.6 is 0 Å². The zero-order valence-electron chi connectivity index (χ0n) is 11.0. The van der Waals surface area contributed by atoms with E-state index < -0.39 is 5.97 Å². The Kier molecular flexibility index (Phi) is 5.38. The molecule has 0 unspecified atom stereocenters. The van der Waals surface area contributed by atoms with Crippen molar-refractivity contribution in [3.05, 3.63) is 17.8 Å². The van der Waals surface area contributed by atoms with E-state index in [-0.39, 0.29) is 11.3 Å². The number of ether oxygens (including phenoxy) is 2. The van der Waals surface area contributed by atoms with Gasteiger partial charge in [0.1, 0.15) is 6.61 Å². The Hall–Kier alpha value is -1.82. The summed E-state index contributed by atoms with van der Waals surface area (Å²) in [4.78, 5) is 17.6. The third-order valence-corrected chi connectivity index (χ3v) is 2.19.